The number of rotatable bonds is 6. The van der Waals surface area contributed by atoms with Gasteiger partial charge < -0.3 is 16.0 Å². The summed E-state index contributed by atoms with van der Waals surface area (Å²) in [5.41, 5.74) is 8.39. The van der Waals surface area contributed by atoms with Gasteiger partial charge in [0.15, 0.2) is 5.96 Å². The highest BCUT2D eigenvalue weighted by Crippen LogP contribution is 2.10. The zero-order valence-corrected chi connectivity index (χ0v) is 17.3. The van der Waals surface area contributed by atoms with Crippen LogP contribution >= 0.6 is 24.0 Å². The molecule has 1 saturated heterocycles. The van der Waals surface area contributed by atoms with Gasteiger partial charge in [-0.2, -0.15) is 0 Å². The Morgan fingerprint density at radius 3 is 2.54 bits per heavy atom. The summed E-state index contributed by atoms with van der Waals surface area (Å²) < 4.78 is 0. The number of hydrogen-bond acceptors (Lipinski definition) is 3. The maximum absolute atomic E-state index is 5.82. The Kier molecular flexibility index (Phi) is 10.3. The van der Waals surface area contributed by atoms with Crippen LogP contribution in [0.1, 0.15) is 30.9 Å². The second-order valence-corrected chi connectivity index (χ2v) is 6.38. The lowest BCUT2D eigenvalue weighted by atomic mass is 10.1. The minimum absolute atomic E-state index is 0. The average Bonchev–Trinajstić information content (AvgIpc) is 2.77. The van der Waals surface area contributed by atoms with Crippen molar-refractivity contribution in [3.8, 4) is 0 Å². The Morgan fingerprint density at radius 2 is 1.83 bits per heavy atom. The standard InChI is InChI=1S/C18H31N5.HI/c1-3-9-20-18(19)21-14-16-5-7-17(8-6-16)15-23-11-4-10-22(2)12-13-23;/h5-8H,3-4,9-15H2,1-2H3,(H3,19,20,21);1H. The summed E-state index contributed by atoms with van der Waals surface area (Å²) in [4.78, 5) is 9.33. The van der Waals surface area contributed by atoms with E-state index in [1.54, 1.807) is 0 Å². The van der Waals surface area contributed by atoms with Gasteiger partial charge in [-0.3, -0.25) is 4.90 Å². The number of guanidine groups is 1. The van der Waals surface area contributed by atoms with Crippen LogP contribution in [-0.4, -0.2) is 55.5 Å². The molecule has 0 saturated carbocycles. The van der Waals surface area contributed by atoms with E-state index in [0.717, 1.165) is 32.6 Å². The van der Waals surface area contributed by atoms with Crippen LogP contribution < -0.4 is 11.1 Å². The van der Waals surface area contributed by atoms with E-state index < -0.39 is 0 Å². The van der Waals surface area contributed by atoms with E-state index in [0.29, 0.717) is 12.5 Å². The SMILES string of the molecule is CCCNC(N)=NCc1ccc(CN2CCCN(C)CC2)cc1.I. The third-order valence-electron chi connectivity index (χ3n) is 4.23. The van der Waals surface area contributed by atoms with Crippen molar-refractivity contribution < 1.29 is 0 Å². The Labute approximate surface area is 163 Å². The first-order valence-electron chi connectivity index (χ1n) is 8.70. The fourth-order valence-electron chi connectivity index (χ4n) is 2.75. The van der Waals surface area contributed by atoms with E-state index in [4.69, 9.17) is 5.73 Å². The summed E-state index contributed by atoms with van der Waals surface area (Å²) in [6.45, 7) is 9.38. The van der Waals surface area contributed by atoms with Crippen molar-refractivity contribution in [2.45, 2.75) is 32.9 Å². The van der Waals surface area contributed by atoms with Gasteiger partial charge in [-0.1, -0.05) is 31.2 Å². The van der Waals surface area contributed by atoms with Gasteiger partial charge in [0.2, 0.25) is 0 Å². The predicted molar refractivity (Wildman–Crippen MR) is 113 cm³/mol. The first-order chi connectivity index (χ1) is 11.2. The number of nitrogens with zero attached hydrogens (tertiary/aromatic N) is 3. The molecule has 0 radical (unpaired) electrons. The number of aliphatic imine (C=N–C) groups is 1. The van der Waals surface area contributed by atoms with Crippen molar-refractivity contribution in [3.63, 3.8) is 0 Å². The summed E-state index contributed by atoms with van der Waals surface area (Å²) in [6, 6.07) is 8.76. The molecule has 0 aromatic heterocycles. The molecule has 0 aliphatic carbocycles. The topological polar surface area (TPSA) is 56.9 Å². The molecular formula is C18H32IN5. The third-order valence-corrected chi connectivity index (χ3v) is 4.23. The van der Waals surface area contributed by atoms with Crippen LogP contribution in [-0.2, 0) is 13.1 Å². The summed E-state index contributed by atoms with van der Waals surface area (Å²) in [6.07, 6.45) is 2.31. The summed E-state index contributed by atoms with van der Waals surface area (Å²) >= 11 is 0. The number of halogens is 1. The van der Waals surface area contributed by atoms with Gasteiger partial charge in [0.05, 0.1) is 6.54 Å². The molecule has 2 rings (SSSR count). The van der Waals surface area contributed by atoms with Gasteiger partial charge in [-0.05, 0) is 44.1 Å². The molecule has 6 heteroatoms. The van der Waals surface area contributed by atoms with Gasteiger partial charge in [0, 0.05) is 26.2 Å². The summed E-state index contributed by atoms with van der Waals surface area (Å²) in [5.74, 6) is 0.532. The minimum Gasteiger partial charge on any atom is -0.370 e. The lowest BCUT2D eigenvalue weighted by molar-refractivity contribution is 0.269. The van der Waals surface area contributed by atoms with E-state index in [1.165, 1.54) is 30.6 Å². The van der Waals surface area contributed by atoms with Crippen LogP contribution in [0.3, 0.4) is 0 Å². The molecule has 1 aliphatic rings. The third kappa shape index (κ3) is 7.81. The summed E-state index contributed by atoms with van der Waals surface area (Å²) in [7, 11) is 2.21. The molecule has 1 aliphatic heterocycles. The highest BCUT2D eigenvalue weighted by Gasteiger charge is 2.12. The zero-order valence-electron chi connectivity index (χ0n) is 15.0. The molecule has 0 bridgehead atoms. The molecule has 0 spiro atoms. The lowest BCUT2D eigenvalue weighted by Gasteiger charge is -2.20. The highest BCUT2D eigenvalue weighted by atomic mass is 127. The number of nitrogens with one attached hydrogen (secondary N) is 1. The van der Waals surface area contributed by atoms with Gasteiger partial charge in [-0.25, -0.2) is 4.99 Å². The number of benzene rings is 1. The quantitative estimate of drug-likeness (QED) is 0.401. The first-order valence-corrected chi connectivity index (χ1v) is 8.70. The van der Waals surface area contributed by atoms with E-state index in [-0.39, 0.29) is 24.0 Å². The number of likely N-dealkylation sites (N-methyl/N-ethyl adjacent to an activating group) is 1. The number of nitrogens with two attached hydrogens (primary N) is 1. The summed E-state index contributed by atoms with van der Waals surface area (Å²) in [5, 5.41) is 3.09. The largest absolute Gasteiger partial charge is 0.370 e. The number of hydrogen-bond donors (Lipinski definition) is 2. The van der Waals surface area contributed by atoms with E-state index in [1.807, 2.05) is 0 Å². The van der Waals surface area contributed by atoms with E-state index >= 15 is 0 Å². The van der Waals surface area contributed by atoms with Crippen molar-refractivity contribution >= 4 is 29.9 Å². The fourth-order valence-corrected chi connectivity index (χ4v) is 2.75. The maximum Gasteiger partial charge on any atom is 0.188 e. The van der Waals surface area contributed by atoms with Crippen LogP contribution in [0.2, 0.25) is 0 Å². The second-order valence-electron chi connectivity index (χ2n) is 6.38. The lowest BCUT2D eigenvalue weighted by Crippen LogP contribution is -2.32. The monoisotopic (exact) mass is 445 g/mol. The van der Waals surface area contributed by atoms with E-state index in [9.17, 15) is 0 Å². The molecule has 1 aromatic rings. The molecule has 3 N–H and O–H groups in total. The minimum atomic E-state index is 0. The van der Waals surface area contributed by atoms with Crippen LogP contribution in [0.15, 0.2) is 29.3 Å². The maximum atomic E-state index is 5.82. The zero-order chi connectivity index (χ0) is 16.5. The molecule has 5 nitrogen and oxygen atoms in total. The molecule has 0 unspecified atom stereocenters. The molecule has 1 fully saturated rings. The van der Waals surface area contributed by atoms with Crippen LogP contribution in [0.4, 0.5) is 0 Å². The Balaban J connectivity index is 0.00000288. The van der Waals surface area contributed by atoms with Crippen LogP contribution in [0.5, 0.6) is 0 Å². The van der Waals surface area contributed by atoms with Crippen LogP contribution in [0.25, 0.3) is 0 Å². The van der Waals surface area contributed by atoms with Gasteiger partial charge in [-0.15, -0.1) is 24.0 Å². The van der Waals surface area contributed by atoms with Crippen molar-refractivity contribution in [2.75, 3.05) is 39.8 Å². The molecule has 136 valence electrons. The predicted octanol–water partition coefficient (Wildman–Crippen LogP) is 2.26. The molecule has 1 aromatic carbocycles. The second kappa shape index (κ2) is 11.7. The van der Waals surface area contributed by atoms with Crippen molar-refractivity contribution in [3.05, 3.63) is 35.4 Å². The first kappa shape index (κ1) is 21.2. The average molecular weight is 445 g/mol. The normalized spacial score (nSPS) is 17.2. The van der Waals surface area contributed by atoms with Crippen LogP contribution in [0, 0.1) is 0 Å². The van der Waals surface area contributed by atoms with Crippen molar-refractivity contribution in [2.24, 2.45) is 10.7 Å². The van der Waals surface area contributed by atoms with Gasteiger partial charge >= 0.3 is 0 Å². The van der Waals surface area contributed by atoms with Gasteiger partial charge in [0.1, 0.15) is 0 Å². The molecule has 0 atom stereocenters. The molecule has 0 amide bonds. The Morgan fingerprint density at radius 1 is 1.12 bits per heavy atom. The Hall–Kier alpha value is -0.860. The molecule has 24 heavy (non-hydrogen) atoms. The Bertz CT molecular complexity index is 489. The van der Waals surface area contributed by atoms with E-state index in [2.05, 4.69) is 58.3 Å². The smallest absolute Gasteiger partial charge is 0.188 e. The highest BCUT2D eigenvalue weighted by molar-refractivity contribution is 14.0. The molecular weight excluding hydrogens is 413 g/mol. The molecule has 1 heterocycles. The fraction of sp³-hybridized carbons (Fsp3) is 0.611. The van der Waals surface area contributed by atoms with Crippen molar-refractivity contribution in [1.82, 2.24) is 15.1 Å². The van der Waals surface area contributed by atoms with Crippen molar-refractivity contribution in [1.29, 1.82) is 0 Å². The van der Waals surface area contributed by atoms with Gasteiger partial charge in [0.25, 0.3) is 0 Å².